The van der Waals surface area contributed by atoms with Gasteiger partial charge >= 0.3 is 0 Å². The Hall–Kier alpha value is -1.02. The Kier molecular flexibility index (Phi) is 7.51. The molecule has 0 spiro atoms. The maximum atomic E-state index is 7.17. The first-order valence-electron chi connectivity index (χ1n) is 14.6. The lowest BCUT2D eigenvalue weighted by Crippen LogP contribution is -2.58. The van der Waals surface area contributed by atoms with E-state index in [0.29, 0.717) is 23.8 Å². The first-order valence-corrected chi connectivity index (χ1v) is 14.6. The average Bonchev–Trinajstić information content (AvgIpc) is 2.76. The van der Waals surface area contributed by atoms with Gasteiger partial charge in [0.2, 0.25) is 0 Å². The van der Waals surface area contributed by atoms with Crippen LogP contribution in [0.25, 0.3) is 0 Å². The molecule has 0 aromatic carbocycles. The van der Waals surface area contributed by atoms with E-state index in [9.17, 15) is 0 Å². The first-order chi connectivity index (χ1) is 15.9. The molecule has 1 saturated carbocycles. The van der Waals surface area contributed by atoms with E-state index in [0.717, 1.165) is 30.6 Å². The van der Waals surface area contributed by atoms with Crippen LogP contribution in [-0.4, -0.2) is 12.1 Å². The second-order valence-corrected chi connectivity index (χ2v) is 13.9. The molecule has 10 unspecified atom stereocenters. The highest BCUT2D eigenvalue weighted by atomic mass is 15.0. The minimum atomic E-state index is -0.0639. The summed E-state index contributed by atoms with van der Waals surface area (Å²) >= 11 is 0. The summed E-state index contributed by atoms with van der Waals surface area (Å²) in [6.07, 6.45) is 17.6. The highest BCUT2D eigenvalue weighted by Gasteiger charge is 2.53. The number of nitrogens with one attached hydrogen (secondary N) is 1. The van der Waals surface area contributed by atoms with Gasteiger partial charge in [0.1, 0.15) is 0 Å². The fourth-order valence-corrected chi connectivity index (χ4v) is 8.16. The average molecular weight is 467 g/mol. The van der Waals surface area contributed by atoms with Crippen LogP contribution in [0.3, 0.4) is 0 Å². The number of nitrogens with two attached hydrogens (primary N) is 1. The Bertz CT molecular complexity index is 836. The summed E-state index contributed by atoms with van der Waals surface area (Å²) < 4.78 is 0. The van der Waals surface area contributed by atoms with Crippen molar-refractivity contribution in [1.29, 1.82) is 0 Å². The summed E-state index contributed by atoms with van der Waals surface area (Å²) in [6, 6.07) is 0.733. The molecule has 0 amide bonds. The SMILES string of the molecule is CC1C=CC(C)(C2(C)C(NC3CC(C)CC(C)C3C)=C(C3=CC(C)CC(C)C3)CCC2N)CC1. The fraction of sp³-hybridized carbons (Fsp3) is 0.812. The summed E-state index contributed by atoms with van der Waals surface area (Å²) in [6.45, 7) is 19.7. The van der Waals surface area contributed by atoms with Crippen LogP contribution >= 0.6 is 0 Å². The van der Waals surface area contributed by atoms with Crippen LogP contribution in [0.2, 0.25) is 0 Å². The molecular formula is C32H54N2. The van der Waals surface area contributed by atoms with Gasteiger partial charge in [-0.1, -0.05) is 73.6 Å². The standard InChI is InChI=1S/C32H54N2/c1-20-11-13-31(7,14-12-20)32(8)29(33)10-9-27(26-17-21(2)15-22(3)18-26)30(32)34-28-19-23(4)16-24(5)25(28)6/h11,13,17,20-25,28-29,34H,9-10,12,14-16,18-19,33H2,1-8H3. The molecule has 0 bridgehead atoms. The van der Waals surface area contributed by atoms with Gasteiger partial charge in [0.05, 0.1) is 0 Å². The Morgan fingerprint density at radius 1 is 0.912 bits per heavy atom. The molecule has 2 heteroatoms. The molecule has 4 aliphatic carbocycles. The van der Waals surface area contributed by atoms with Crippen molar-refractivity contribution >= 4 is 0 Å². The summed E-state index contributed by atoms with van der Waals surface area (Å²) in [5.41, 5.74) is 12.0. The maximum absolute atomic E-state index is 7.17. The van der Waals surface area contributed by atoms with E-state index in [2.05, 4.69) is 78.9 Å². The highest BCUT2D eigenvalue weighted by Crippen LogP contribution is 2.57. The van der Waals surface area contributed by atoms with Crippen LogP contribution < -0.4 is 11.1 Å². The monoisotopic (exact) mass is 466 g/mol. The quantitative estimate of drug-likeness (QED) is 0.412. The van der Waals surface area contributed by atoms with E-state index in [-0.39, 0.29) is 16.9 Å². The smallest absolute Gasteiger partial charge is 0.0314 e. The third-order valence-electron chi connectivity index (χ3n) is 10.9. The summed E-state index contributed by atoms with van der Waals surface area (Å²) in [5.74, 6) is 4.38. The van der Waals surface area contributed by atoms with E-state index in [1.165, 1.54) is 44.2 Å². The number of rotatable bonds is 4. The van der Waals surface area contributed by atoms with E-state index in [1.807, 2.05) is 0 Å². The van der Waals surface area contributed by atoms with Gasteiger partial charge in [0.15, 0.2) is 0 Å². The normalized spacial score (nSPS) is 48.0. The molecule has 0 aliphatic heterocycles. The molecule has 0 saturated heterocycles. The van der Waals surface area contributed by atoms with Crippen molar-refractivity contribution < 1.29 is 0 Å². The van der Waals surface area contributed by atoms with E-state index in [1.54, 1.807) is 11.1 Å². The van der Waals surface area contributed by atoms with Gasteiger partial charge in [-0.15, -0.1) is 0 Å². The summed E-state index contributed by atoms with van der Waals surface area (Å²) in [7, 11) is 0. The predicted octanol–water partition coefficient (Wildman–Crippen LogP) is 8.01. The first kappa shape index (κ1) is 26.1. The van der Waals surface area contributed by atoms with Crippen LogP contribution in [0.15, 0.2) is 35.1 Å². The van der Waals surface area contributed by atoms with Crippen LogP contribution in [0.5, 0.6) is 0 Å². The summed E-state index contributed by atoms with van der Waals surface area (Å²) in [4.78, 5) is 0. The van der Waals surface area contributed by atoms with Gasteiger partial charge in [-0.25, -0.2) is 0 Å². The topological polar surface area (TPSA) is 38.0 Å². The molecule has 0 heterocycles. The molecule has 4 aliphatic rings. The lowest BCUT2D eigenvalue weighted by Gasteiger charge is -2.56. The van der Waals surface area contributed by atoms with Gasteiger partial charge in [-0.3, -0.25) is 0 Å². The predicted molar refractivity (Wildman–Crippen MR) is 147 cm³/mol. The fourth-order valence-electron chi connectivity index (χ4n) is 8.16. The largest absolute Gasteiger partial charge is 0.385 e. The molecule has 2 nitrogen and oxygen atoms in total. The molecule has 0 radical (unpaired) electrons. The van der Waals surface area contributed by atoms with Gasteiger partial charge in [-0.05, 0) is 103 Å². The van der Waals surface area contributed by atoms with Crippen LogP contribution in [-0.2, 0) is 0 Å². The van der Waals surface area contributed by atoms with Crippen molar-refractivity contribution in [2.45, 2.75) is 119 Å². The number of hydrogen-bond donors (Lipinski definition) is 2. The third kappa shape index (κ3) is 4.70. The second kappa shape index (κ2) is 9.79. The highest BCUT2D eigenvalue weighted by molar-refractivity contribution is 5.44. The summed E-state index contributed by atoms with van der Waals surface area (Å²) in [5, 5.41) is 4.33. The Balaban J connectivity index is 1.84. The third-order valence-corrected chi connectivity index (χ3v) is 10.9. The van der Waals surface area contributed by atoms with E-state index < -0.39 is 0 Å². The molecule has 192 valence electrons. The molecule has 3 N–H and O–H groups in total. The minimum Gasteiger partial charge on any atom is -0.385 e. The zero-order valence-electron chi connectivity index (χ0n) is 23.6. The zero-order chi connectivity index (χ0) is 24.8. The maximum Gasteiger partial charge on any atom is 0.0314 e. The molecule has 0 aromatic heterocycles. The molecule has 4 rings (SSSR count). The lowest BCUT2D eigenvalue weighted by molar-refractivity contribution is 0.0722. The van der Waals surface area contributed by atoms with Gasteiger partial charge in [0.25, 0.3) is 0 Å². The Labute approximate surface area is 211 Å². The lowest BCUT2D eigenvalue weighted by atomic mass is 9.52. The van der Waals surface area contributed by atoms with Crippen molar-refractivity contribution in [3.8, 4) is 0 Å². The van der Waals surface area contributed by atoms with Crippen LogP contribution in [0.1, 0.15) is 107 Å². The molecule has 0 aromatic rings. The molecule has 1 fully saturated rings. The van der Waals surface area contributed by atoms with Crippen molar-refractivity contribution in [1.82, 2.24) is 5.32 Å². The van der Waals surface area contributed by atoms with E-state index >= 15 is 0 Å². The zero-order valence-corrected chi connectivity index (χ0v) is 23.6. The minimum absolute atomic E-state index is 0.0639. The molecular weight excluding hydrogens is 412 g/mol. The van der Waals surface area contributed by atoms with Gasteiger partial charge in [-0.2, -0.15) is 0 Å². The van der Waals surface area contributed by atoms with Crippen LogP contribution in [0.4, 0.5) is 0 Å². The van der Waals surface area contributed by atoms with Crippen molar-refractivity contribution in [2.24, 2.45) is 52.1 Å². The second-order valence-electron chi connectivity index (χ2n) is 13.9. The van der Waals surface area contributed by atoms with E-state index in [4.69, 9.17) is 5.73 Å². The van der Waals surface area contributed by atoms with Gasteiger partial charge < -0.3 is 11.1 Å². The molecule has 34 heavy (non-hydrogen) atoms. The van der Waals surface area contributed by atoms with Gasteiger partial charge in [0, 0.05) is 23.2 Å². The Morgan fingerprint density at radius 2 is 1.65 bits per heavy atom. The van der Waals surface area contributed by atoms with Crippen LogP contribution in [0, 0.1) is 46.3 Å². The number of hydrogen-bond acceptors (Lipinski definition) is 2. The molecule has 10 atom stereocenters. The number of allylic oxidation sites excluding steroid dienone is 5. The van der Waals surface area contributed by atoms with Crippen molar-refractivity contribution in [2.75, 3.05) is 0 Å². The van der Waals surface area contributed by atoms with Crippen molar-refractivity contribution in [3.05, 3.63) is 35.1 Å². The van der Waals surface area contributed by atoms with Crippen molar-refractivity contribution in [3.63, 3.8) is 0 Å². The Morgan fingerprint density at radius 3 is 2.29 bits per heavy atom.